The highest BCUT2D eigenvalue weighted by atomic mass is 16.8. The van der Waals surface area contributed by atoms with Gasteiger partial charge in [-0.15, -0.1) is 0 Å². The first kappa shape index (κ1) is 94.9. The molecule has 628 valence electrons. The summed E-state index contributed by atoms with van der Waals surface area (Å²) in [7, 11) is 0. The second kappa shape index (κ2) is 49.8. The van der Waals surface area contributed by atoms with Crippen molar-refractivity contribution in [2.24, 2.45) is 5.92 Å². The second-order valence-corrected chi connectivity index (χ2v) is 30.4. The van der Waals surface area contributed by atoms with Crippen LogP contribution in [0.3, 0.4) is 0 Å². The van der Waals surface area contributed by atoms with Crippen LogP contribution < -0.4 is 10.6 Å². The van der Waals surface area contributed by atoms with E-state index in [0.29, 0.717) is 12.8 Å². The molecule has 107 heavy (non-hydrogen) atoms. The Kier molecular flexibility index (Phi) is 44.2. The van der Waals surface area contributed by atoms with E-state index in [0.717, 1.165) is 77.6 Å². The monoisotopic (exact) mass is 1550 g/mol. The highest BCUT2D eigenvalue weighted by Crippen LogP contribution is 2.42. The SMILES string of the molecule is CCCCCCCCCCCCCCCCCCCCC(O)C(=O)NC(COC1OC(CO)C(OC2OC(CO)C(O)C(OC3(C(=O)O)CC(OC4CC(CO)C(OC5OC(C(C)O)C(O)C5O)C(O)C4O)C(NC(C)=O)C(C(O)C(O)CO)O3)C2O)C(O)C1O)C(O)C(O)CCCCCCCCCCCC. The molecule has 0 spiro atoms. The van der Waals surface area contributed by atoms with Crippen LogP contribution >= 0.6 is 0 Å². The number of amides is 2. The minimum atomic E-state index is -3.34. The lowest BCUT2D eigenvalue weighted by molar-refractivity contribution is -0.388. The Morgan fingerprint density at radius 1 is 0.495 bits per heavy atom. The van der Waals surface area contributed by atoms with Gasteiger partial charge in [0.1, 0.15) is 110 Å². The van der Waals surface area contributed by atoms with E-state index < -0.39 is 247 Å². The molecule has 30 atom stereocenters. The molecule has 33 heteroatoms. The third kappa shape index (κ3) is 29.0. The van der Waals surface area contributed by atoms with Crippen molar-refractivity contribution in [1.82, 2.24) is 10.6 Å². The number of hydrogen-bond acceptors (Lipinski definition) is 30. The molecule has 33 nitrogen and oxygen atoms in total. The Hall–Kier alpha value is -2.67. The van der Waals surface area contributed by atoms with Crippen molar-refractivity contribution >= 4 is 17.8 Å². The summed E-state index contributed by atoms with van der Waals surface area (Å²) in [6.45, 7) is 1.71. The molecule has 21 N–H and O–H groups in total. The summed E-state index contributed by atoms with van der Waals surface area (Å²) in [4.78, 5) is 40.5. The van der Waals surface area contributed by atoms with E-state index in [9.17, 15) is 111 Å². The van der Waals surface area contributed by atoms with Crippen molar-refractivity contribution in [2.45, 2.75) is 410 Å². The molecule has 5 aliphatic rings. The van der Waals surface area contributed by atoms with Gasteiger partial charge in [0.15, 0.2) is 18.9 Å². The normalized spacial score (nSPS) is 34.7. The van der Waals surface area contributed by atoms with E-state index in [1.807, 2.05) is 0 Å². The van der Waals surface area contributed by atoms with Crippen molar-refractivity contribution in [3.05, 3.63) is 0 Å². The highest BCUT2D eigenvalue weighted by molar-refractivity contribution is 5.80. The Morgan fingerprint density at radius 2 is 0.972 bits per heavy atom. The molecule has 0 aromatic rings. The van der Waals surface area contributed by atoms with Gasteiger partial charge in [-0.2, -0.15) is 0 Å². The summed E-state index contributed by atoms with van der Waals surface area (Å²) in [6.07, 6.45) is -20.0. The Bertz CT molecular complexity index is 2410. The molecular weight excluding hydrogens is 1410 g/mol. The standard InChI is InChI=1S/C74H136N2O31/c1-5-7-9-11-13-15-17-18-19-20-21-22-23-24-26-28-30-32-34-47(84)69(96)76-45(54(86)46(83)33-31-29-27-25-16-14-12-10-8-6-2)41-99-70-61(93)60(92)66(52(40-80)102-70)105-72-63(95)68(57(89)51(39-79)101-72)107-74(73(97)98)36-50(53(75-43(4)82)67(106-74)55(87)48(85)38-78)100-49-35-44(37-77)65(58(90)56(49)88)104-71-62(94)59(91)64(103-71)42(3)81/h42,44-68,70-72,77-81,83-95H,5-41H2,1-4H3,(H,75,82)(H,76,96)(H,97,98). The van der Waals surface area contributed by atoms with Crippen molar-refractivity contribution in [3.63, 3.8) is 0 Å². The lowest BCUT2D eigenvalue weighted by Crippen LogP contribution is -2.71. The summed E-state index contributed by atoms with van der Waals surface area (Å²) in [5.74, 6) is -8.47. The van der Waals surface area contributed by atoms with Crippen LogP contribution in [0.15, 0.2) is 0 Å². The van der Waals surface area contributed by atoms with Crippen LogP contribution in [0.2, 0.25) is 0 Å². The molecule has 4 heterocycles. The fourth-order valence-electron chi connectivity index (χ4n) is 15.1. The third-order valence-electron chi connectivity index (χ3n) is 21.7. The topological polar surface area (TPSA) is 543 Å². The lowest BCUT2D eigenvalue weighted by Gasteiger charge is -2.52. The maximum atomic E-state index is 13.9. The van der Waals surface area contributed by atoms with Gasteiger partial charge in [0.05, 0.1) is 69.0 Å². The van der Waals surface area contributed by atoms with E-state index in [1.54, 1.807) is 0 Å². The van der Waals surface area contributed by atoms with E-state index >= 15 is 0 Å². The van der Waals surface area contributed by atoms with E-state index in [1.165, 1.54) is 103 Å². The van der Waals surface area contributed by atoms with Crippen LogP contribution in [-0.4, -0.2) is 325 Å². The van der Waals surface area contributed by atoms with Gasteiger partial charge in [-0.1, -0.05) is 194 Å². The maximum absolute atomic E-state index is 13.9. The third-order valence-corrected chi connectivity index (χ3v) is 21.7. The zero-order valence-corrected chi connectivity index (χ0v) is 63.3. The number of carboxylic acids is 1. The van der Waals surface area contributed by atoms with Gasteiger partial charge < -0.3 is 150 Å². The van der Waals surface area contributed by atoms with Gasteiger partial charge in [-0.05, 0) is 26.2 Å². The second-order valence-electron chi connectivity index (χ2n) is 30.4. The number of hydrogen-bond donors (Lipinski definition) is 21. The van der Waals surface area contributed by atoms with Crippen LogP contribution in [0.5, 0.6) is 0 Å². The molecule has 0 aromatic heterocycles. The summed E-state index contributed by atoms with van der Waals surface area (Å²) in [5, 5.41) is 216. The number of aliphatic carboxylic acids is 1. The molecule has 0 bridgehead atoms. The van der Waals surface area contributed by atoms with Crippen LogP contribution in [0.1, 0.15) is 233 Å². The lowest BCUT2D eigenvalue weighted by atomic mass is 9.80. The molecule has 1 aliphatic carbocycles. The molecule has 2 amide bonds. The van der Waals surface area contributed by atoms with Gasteiger partial charge in [0.25, 0.3) is 5.79 Å². The average molecular weight is 1550 g/mol. The summed E-state index contributed by atoms with van der Waals surface area (Å²) in [5.41, 5.74) is 0. The first-order valence-corrected chi connectivity index (χ1v) is 39.8. The van der Waals surface area contributed by atoms with Crippen molar-refractivity contribution in [1.29, 1.82) is 0 Å². The number of aliphatic hydroxyl groups excluding tert-OH is 18. The molecule has 5 fully saturated rings. The first-order valence-electron chi connectivity index (χ1n) is 39.8. The van der Waals surface area contributed by atoms with Gasteiger partial charge >= 0.3 is 5.97 Å². The Labute approximate surface area is 629 Å². The van der Waals surface area contributed by atoms with E-state index in [-0.39, 0.29) is 12.8 Å². The number of rotatable bonds is 54. The van der Waals surface area contributed by atoms with Crippen LogP contribution in [0, 0.1) is 5.92 Å². The molecule has 4 aliphatic heterocycles. The summed E-state index contributed by atoms with van der Waals surface area (Å²) >= 11 is 0. The molecule has 1 saturated carbocycles. The highest BCUT2D eigenvalue weighted by Gasteiger charge is 2.62. The molecule has 30 unspecified atom stereocenters. The van der Waals surface area contributed by atoms with Crippen LogP contribution in [-0.2, 0) is 57.0 Å². The minimum absolute atomic E-state index is 0.0964. The fourth-order valence-corrected chi connectivity index (χ4v) is 15.1. The first-order chi connectivity index (χ1) is 51.1. The van der Waals surface area contributed by atoms with Gasteiger partial charge in [-0.3, -0.25) is 9.59 Å². The predicted octanol–water partition coefficient (Wildman–Crippen LogP) is -0.549. The number of aliphatic hydroxyl groups is 18. The number of nitrogens with one attached hydrogen (secondary N) is 2. The molecule has 4 saturated heterocycles. The largest absolute Gasteiger partial charge is 0.477 e. The van der Waals surface area contributed by atoms with Crippen molar-refractivity contribution in [3.8, 4) is 0 Å². The summed E-state index contributed by atoms with van der Waals surface area (Å²) in [6, 6.07) is -3.24. The van der Waals surface area contributed by atoms with Gasteiger partial charge in [0.2, 0.25) is 11.8 Å². The molecule has 0 radical (unpaired) electrons. The number of carbonyl (C=O) groups excluding carboxylic acids is 2. The Morgan fingerprint density at radius 3 is 1.45 bits per heavy atom. The van der Waals surface area contributed by atoms with E-state index in [2.05, 4.69) is 24.5 Å². The van der Waals surface area contributed by atoms with Crippen molar-refractivity contribution in [2.75, 3.05) is 33.0 Å². The minimum Gasteiger partial charge on any atom is -0.477 e. The number of ether oxygens (including phenoxy) is 9. The number of carboxylic acid groups (broad SMARTS) is 1. The molecule has 0 aromatic carbocycles. The van der Waals surface area contributed by atoms with Gasteiger partial charge in [-0.25, -0.2) is 4.79 Å². The smallest absolute Gasteiger partial charge is 0.364 e. The van der Waals surface area contributed by atoms with Crippen LogP contribution in [0.25, 0.3) is 0 Å². The fraction of sp³-hybridized carbons (Fsp3) is 0.959. The summed E-state index contributed by atoms with van der Waals surface area (Å²) < 4.78 is 53.0. The molecular formula is C74H136N2O31. The average Bonchev–Trinajstić information content (AvgIpc) is 1.15. The quantitative estimate of drug-likeness (QED) is 0.0340. The Balaban J connectivity index is 1.28. The maximum Gasteiger partial charge on any atom is 0.364 e. The van der Waals surface area contributed by atoms with Crippen molar-refractivity contribution < 1.29 is 154 Å². The van der Waals surface area contributed by atoms with Gasteiger partial charge in [0, 0.05) is 25.9 Å². The number of unbranched alkanes of at least 4 members (excludes halogenated alkanes) is 26. The number of carbonyl (C=O) groups is 3. The van der Waals surface area contributed by atoms with E-state index in [4.69, 9.17) is 42.6 Å². The predicted molar refractivity (Wildman–Crippen MR) is 381 cm³/mol. The van der Waals surface area contributed by atoms with Crippen LogP contribution in [0.4, 0.5) is 0 Å². The molecule has 5 rings (SSSR count). The zero-order valence-electron chi connectivity index (χ0n) is 63.3. The zero-order chi connectivity index (χ0) is 78.9.